The van der Waals surface area contributed by atoms with Crippen molar-refractivity contribution in [3.8, 4) is 5.75 Å². The second-order valence-electron chi connectivity index (χ2n) is 5.65. The molecular weight excluding hydrogens is 252 g/mol. The van der Waals surface area contributed by atoms with Crippen molar-refractivity contribution in [1.82, 2.24) is 5.32 Å². The molecule has 0 aliphatic heterocycles. The van der Waals surface area contributed by atoms with E-state index in [0.717, 1.165) is 12.5 Å². The Balaban J connectivity index is 1.79. The Bertz CT molecular complexity index is 431. The van der Waals surface area contributed by atoms with Crippen LogP contribution in [-0.4, -0.2) is 18.6 Å². The maximum Gasteiger partial charge on any atom is 0.255 e. The van der Waals surface area contributed by atoms with Crippen LogP contribution in [-0.2, 0) is 11.3 Å². The number of hydrogen-bond acceptors (Lipinski definition) is 3. The number of benzene rings is 1. The largest absolute Gasteiger partial charge is 0.484 e. The molecule has 1 aromatic carbocycles. The van der Waals surface area contributed by atoms with Crippen molar-refractivity contribution in [3.63, 3.8) is 0 Å². The molecule has 1 amide bonds. The van der Waals surface area contributed by atoms with Crippen LogP contribution in [0.1, 0.15) is 38.2 Å². The summed E-state index contributed by atoms with van der Waals surface area (Å²) in [5, 5.41) is 3.64. The number of ether oxygens (including phenoxy) is 1. The van der Waals surface area contributed by atoms with Crippen molar-refractivity contribution in [1.29, 1.82) is 0 Å². The number of carbonyl (C=O) groups excluding carboxylic acids is 1. The molecule has 1 aliphatic carbocycles. The standard InChI is InChI=1S/C16H24N2O2/c1-12-4-2-3-5-15(12)18-10-13-6-8-14(9-7-13)20-11-16(17)19/h6-9,12,15,18H,2-5,10-11H2,1H3,(H2,17,19)/t12-,15+/m1/s1. The summed E-state index contributed by atoms with van der Waals surface area (Å²) in [6.07, 6.45) is 5.31. The van der Waals surface area contributed by atoms with Gasteiger partial charge in [0, 0.05) is 12.6 Å². The van der Waals surface area contributed by atoms with Crippen LogP contribution in [0.15, 0.2) is 24.3 Å². The van der Waals surface area contributed by atoms with Gasteiger partial charge in [0.15, 0.2) is 6.61 Å². The molecule has 0 unspecified atom stereocenters. The van der Waals surface area contributed by atoms with Crippen molar-refractivity contribution in [2.75, 3.05) is 6.61 Å². The SMILES string of the molecule is C[C@@H]1CCCC[C@@H]1NCc1ccc(OCC(N)=O)cc1. The van der Waals surface area contributed by atoms with E-state index < -0.39 is 5.91 Å². The average Bonchev–Trinajstić information content (AvgIpc) is 2.45. The Morgan fingerprint density at radius 2 is 2.00 bits per heavy atom. The number of nitrogens with one attached hydrogen (secondary N) is 1. The lowest BCUT2D eigenvalue weighted by Gasteiger charge is -2.29. The van der Waals surface area contributed by atoms with Crippen LogP contribution in [0.5, 0.6) is 5.75 Å². The minimum atomic E-state index is -0.456. The minimum absolute atomic E-state index is 0.0722. The Morgan fingerprint density at radius 1 is 1.30 bits per heavy atom. The Hall–Kier alpha value is -1.55. The number of carbonyl (C=O) groups is 1. The molecule has 0 heterocycles. The minimum Gasteiger partial charge on any atom is -0.484 e. The van der Waals surface area contributed by atoms with Crippen LogP contribution in [0.3, 0.4) is 0 Å². The summed E-state index contributed by atoms with van der Waals surface area (Å²) < 4.78 is 5.24. The summed E-state index contributed by atoms with van der Waals surface area (Å²) in [5.41, 5.74) is 6.27. The van der Waals surface area contributed by atoms with Gasteiger partial charge in [0.1, 0.15) is 5.75 Å². The predicted molar refractivity (Wildman–Crippen MR) is 79.4 cm³/mol. The third kappa shape index (κ3) is 4.53. The zero-order valence-electron chi connectivity index (χ0n) is 12.1. The van der Waals surface area contributed by atoms with Crippen LogP contribution in [0.25, 0.3) is 0 Å². The van der Waals surface area contributed by atoms with Gasteiger partial charge in [0.25, 0.3) is 5.91 Å². The van der Waals surface area contributed by atoms with E-state index in [1.165, 1.54) is 31.2 Å². The van der Waals surface area contributed by atoms with Gasteiger partial charge in [-0.1, -0.05) is 31.9 Å². The Kier molecular flexibility index (Phi) is 5.41. The van der Waals surface area contributed by atoms with E-state index in [0.29, 0.717) is 11.8 Å². The van der Waals surface area contributed by atoms with Gasteiger partial charge in [0.2, 0.25) is 0 Å². The third-order valence-corrected chi connectivity index (χ3v) is 3.98. The van der Waals surface area contributed by atoms with Crippen molar-refractivity contribution in [2.45, 2.75) is 45.2 Å². The van der Waals surface area contributed by atoms with E-state index in [9.17, 15) is 4.79 Å². The number of hydrogen-bond donors (Lipinski definition) is 2. The van der Waals surface area contributed by atoms with E-state index in [4.69, 9.17) is 10.5 Å². The third-order valence-electron chi connectivity index (χ3n) is 3.98. The highest BCUT2D eigenvalue weighted by Gasteiger charge is 2.20. The average molecular weight is 276 g/mol. The summed E-state index contributed by atoms with van der Waals surface area (Å²) in [4.78, 5) is 10.6. The molecule has 0 aromatic heterocycles. The summed E-state index contributed by atoms with van der Waals surface area (Å²) >= 11 is 0. The molecule has 2 atom stereocenters. The van der Waals surface area contributed by atoms with Gasteiger partial charge in [-0.2, -0.15) is 0 Å². The first-order valence-electron chi connectivity index (χ1n) is 7.38. The number of rotatable bonds is 6. The lowest BCUT2D eigenvalue weighted by Crippen LogP contribution is -2.36. The summed E-state index contributed by atoms with van der Waals surface area (Å²) in [6.45, 7) is 3.14. The van der Waals surface area contributed by atoms with E-state index in [1.54, 1.807) is 0 Å². The fourth-order valence-electron chi connectivity index (χ4n) is 2.73. The molecule has 1 aliphatic rings. The lowest BCUT2D eigenvalue weighted by atomic mass is 9.86. The fraction of sp³-hybridized carbons (Fsp3) is 0.562. The molecular formula is C16H24N2O2. The van der Waals surface area contributed by atoms with Crippen LogP contribution in [0.4, 0.5) is 0 Å². The van der Waals surface area contributed by atoms with Gasteiger partial charge in [0.05, 0.1) is 0 Å². The summed E-state index contributed by atoms with van der Waals surface area (Å²) in [5.74, 6) is 0.988. The van der Waals surface area contributed by atoms with E-state index >= 15 is 0 Å². The Labute approximate surface area is 120 Å². The summed E-state index contributed by atoms with van der Waals surface area (Å²) in [7, 11) is 0. The van der Waals surface area contributed by atoms with Crippen molar-refractivity contribution >= 4 is 5.91 Å². The number of primary amides is 1. The predicted octanol–water partition coefficient (Wildman–Crippen LogP) is 2.22. The monoisotopic (exact) mass is 276 g/mol. The zero-order chi connectivity index (χ0) is 14.4. The molecule has 3 N–H and O–H groups in total. The molecule has 110 valence electrons. The Morgan fingerprint density at radius 3 is 2.65 bits per heavy atom. The second kappa shape index (κ2) is 7.29. The van der Waals surface area contributed by atoms with Crippen LogP contribution in [0, 0.1) is 5.92 Å². The fourth-order valence-corrected chi connectivity index (χ4v) is 2.73. The normalized spacial score (nSPS) is 22.4. The molecule has 0 radical (unpaired) electrons. The van der Waals surface area contributed by atoms with Gasteiger partial charge >= 0.3 is 0 Å². The molecule has 2 rings (SSSR count). The molecule has 1 fully saturated rings. The zero-order valence-corrected chi connectivity index (χ0v) is 12.1. The number of amides is 1. The van der Waals surface area contributed by atoms with E-state index in [2.05, 4.69) is 12.2 Å². The first kappa shape index (κ1) is 14.9. The molecule has 1 aromatic rings. The van der Waals surface area contributed by atoms with Gasteiger partial charge in [-0.25, -0.2) is 0 Å². The number of nitrogens with two attached hydrogens (primary N) is 1. The molecule has 4 nitrogen and oxygen atoms in total. The lowest BCUT2D eigenvalue weighted by molar-refractivity contribution is -0.119. The smallest absolute Gasteiger partial charge is 0.255 e. The quantitative estimate of drug-likeness (QED) is 0.837. The van der Waals surface area contributed by atoms with Crippen LogP contribution >= 0.6 is 0 Å². The highest BCUT2D eigenvalue weighted by Crippen LogP contribution is 2.24. The maximum absolute atomic E-state index is 10.6. The molecule has 0 spiro atoms. The highest BCUT2D eigenvalue weighted by atomic mass is 16.5. The van der Waals surface area contributed by atoms with Crippen LogP contribution < -0.4 is 15.8 Å². The topological polar surface area (TPSA) is 64.3 Å². The maximum atomic E-state index is 10.6. The van der Waals surface area contributed by atoms with Gasteiger partial charge < -0.3 is 15.8 Å². The highest BCUT2D eigenvalue weighted by molar-refractivity contribution is 5.75. The van der Waals surface area contributed by atoms with Crippen molar-refractivity contribution in [3.05, 3.63) is 29.8 Å². The van der Waals surface area contributed by atoms with Gasteiger partial charge in [-0.3, -0.25) is 4.79 Å². The molecule has 0 saturated heterocycles. The summed E-state index contributed by atoms with van der Waals surface area (Å²) in [6, 6.07) is 8.44. The first-order valence-corrected chi connectivity index (χ1v) is 7.38. The second-order valence-corrected chi connectivity index (χ2v) is 5.65. The molecule has 4 heteroatoms. The molecule has 20 heavy (non-hydrogen) atoms. The van der Waals surface area contributed by atoms with Crippen LogP contribution in [0.2, 0.25) is 0 Å². The molecule has 1 saturated carbocycles. The van der Waals surface area contributed by atoms with Gasteiger partial charge in [-0.05, 0) is 36.5 Å². The van der Waals surface area contributed by atoms with Gasteiger partial charge in [-0.15, -0.1) is 0 Å². The van der Waals surface area contributed by atoms with Crippen molar-refractivity contribution in [2.24, 2.45) is 11.7 Å². The first-order chi connectivity index (χ1) is 9.65. The molecule has 0 bridgehead atoms. The van der Waals surface area contributed by atoms with E-state index in [1.807, 2.05) is 24.3 Å². The van der Waals surface area contributed by atoms with Crippen molar-refractivity contribution < 1.29 is 9.53 Å². The van der Waals surface area contributed by atoms with E-state index in [-0.39, 0.29) is 6.61 Å².